The van der Waals surface area contributed by atoms with Gasteiger partial charge in [-0.1, -0.05) is 39.0 Å². The largest absolute Gasteiger partial charge is 0.466 e. The number of carbonyl (C=O) groups is 2. The molecule has 0 heterocycles. The zero-order valence-electron chi connectivity index (χ0n) is 12.9. The molecular weight excluding hydrogens is 252 g/mol. The summed E-state index contributed by atoms with van der Waals surface area (Å²) in [5.74, 6) is -0.149. The summed E-state index contributed by atoms with van der Waals surface area (Å²) in [6.45, 7) is 8.54. The van der Waals surface area contributed by atoms with Crippen molar-refractivity contribution in [2.75, 3.05) is 6.61 Å². The normalized spacial score (nSPS) is 11.2. The number of benzene rings is 1. The van der Waals surface area contributed by atoms with Gasteiger partial charge in [-0.3, -0.25) is 9.59 Å². The number of rotatable bonds is 6. The molecule has 110 valence electrons. The van der Waals surface area contributed by atoms with Gasteiger partial charge in [0.1, 0.15) is 0 Å². The van der Waals surface area contributed by atoms with Crippen molar-refractivity contribution in [3.05, 3.63) is 35.4 Å². The van der Waals surface area contributed by atoms with E-state index in [0.29, 0.717) is 25.9 Å². The number of ether oxygens (including phenoxy) is 1. The van der Waals surface area contributed by atoms with E-state index in [0.717, 1.165) is 11.1 Å². The first kappa shape index (κ1) is 16.4. The van der Waals surface area contributed by atoms with Gasteiger partial charge in [-0.15, -0.1) is 0 Å². The summed E-state index contributed by atoms with van der Waals surface area (Å²) in [6.07, 6.45) is 1.22. The molecule has 0 saturated carbocycles. The molecule has 0 bridgehead atoms. The first-order valence-electron chi connectivity index (χ1n) is 7.14. The molecule has 1 aromatic carbocycles. The van der Waals surface area contributed by atoms with Crippen molar-refractivity contribution in [1.82, 2.24) is 0 Å². The Balaban J connectivity index is 2.58. The fourth-order valence-electron chi connectivity index (χ4n) is 1.93. The zero-order valence-corrected chi connectivity index (χ0v) is 12.9. The van der Waals surface area contributed by atoms with Crippen molar-refractivity contribution < 1.29 is 14.3 Å². The van der Waals surface area contributed by atoms with Gasteiger partial charge in [0.15, 0.2) is 5.78 Å². The lowest BCUT2D eigenvalue weighted by Crippen LogP contribution is -2.12. The van der Waals surface area contributed by atoms with Gasteiger partial charge >= 0.3 is 5.97 Å². The van der Waals surface area contributed by atoms with Crippen LogP contribution in [0.4, 0.5) is 0 Å². The molecule has 0 fully saturated rings. The van der Waals surface area contributed by atoms with Crippen LogP contribution in [0, 0.1) is 0 Å². The molecule has 0 aromatic heterocycles. The highest BCUT2D eigenvalue weighted by atomic mass is 16.5. The topological polar surface area (TPSA) is 43.4 Å². The molecule has 3 heteroatoms. The van der Waals surface area contributed by atoms with Gasteiger partial charge in [-0.25, -0.2) is 0 Å². The highest BCUT2D eigenvalue weighted by Gasteiger charge is 2.15. The Labute approximate surface area is 121 Å². The Hall–Kier alpha value is -1.64. The third kappa shape index (κ3) is 5.16. The lowest BCUT2D eigenvalue weighted by molar-refractivity contribution is -0.143. The van der Waals surface area contributed by atoms with E-state index in [4.69, 9.17) is 4.74 Å². The first-order valence-corrected chi connectivity index (χ1v) is 7.14. The van der Waals surface area contributed by atoms with Crippen LogP contribution in [-0.2, 0) is 14.9 Å². The number of Topliss-reactive ketones (excluding diaryl/α,β-unsaturated/α-hetero) is 1. The summed E-state index contributed by atoms with van der Waals surface area (Å²) in [5.41, 5.74) is 1.90. The van der Waals surface area contributed by atoms with Crippen LogP contribution in [0.15, 0.2) is 24.3 Å². The van der Waals surface area contributed by atoms with Crippen LogP contribution in [-0.4, -0.2) is 18.4 Å². The van der Waals surface area contributed by atoms with E-state index in [-0.39, 0.29) is 17.2 Å². The molecule has 0 spiro atoms. The minimum absolute atomic E-state index is 0.0290. The van der Waals surface area contributed by atoms with Crippen LogP contribution < -0.4 is 0 Å². The number of hydrogen-bond donors (Lipinski definition) is 0. The van der Waals surface area contributed by atoms with E-state index in [1.807, 2.05) is 24.3 Å². The van der Waals surface area contributed by atoms with Crippen LogP contribution in [0.2, 0.25) is 0 Å². The quantitative estimate of drug-likeness (QED) is 0.584. The monoisotopic (exact) mass is 276 g/mol. The number of carbonyl (C=O) groups excluding carboxylic acids is 2. The number of hydrogen-bond acceptors (Lipinski definition) is 3. The molecule has 0 saturated heterocycles. The number of ketones is 1. The Bertz CT molecular complexity index is 469. The van der Waals surface area contributed by atoms with E-state index in [1.165, 1.54) is 0 Å². The summed E-state index contributed by atoms with van der Waals surface area (Å²) < 4.78 is 4.84. The average molecular weight is 276 g/mol. The van der Waals surface area contributed by atoms with Gasteiger partial charge in [0.05, 0.1) is 6.61 Å². The highest BCUT2D eigenvalue weighted by Crippen LogP contribution is 2.23. The van der Waals surface area contributed by atoms with E-state index in [1.54, 1.807) is 6.92 Å². The van der Waals surface area contributed by atoms with Gasteiger partial charge in [-0.2, -0.15) is 0 Å². The Morgan fingerprint density at radius 1 is 1.15 bits per heavy atom. The predicted molar refractivity (Wildman–Crippen MR) is 80.0 cm³/mol. The van der Waals surface area contributed by atoms with Crippen LogP contribution >= 0.6 is 0 Å². The SMILES string of the molecule is CCOC(=O)CCCC(=O)c1cccc(C(C)(C)C)c1. The second-order valence-electron chi connectivity index (χ2n) is 5.91. The molecular formula is C17H24O3. The highest BCUT2D eigenvalue weighted by molar-refractivity contribution is 5.96. The minimum Gasteiger partial charge on any atom is -0.466 e. The van der Waals surface area contributed by atoms with Crippen LogP contribution in [0.1, 0.15) is 62.9 Å². The summed E-state index contributed by atoms with van der Waals surface area (Å²) in [6, 6.07) is 7.74. The van der Waals surface area contributed by atoms with Gasteiger partial charge in [0, 0.05) is 18.4 Å². The van der Waals surface area contributed by atoms with Crippen molar-refractivity contribution >= 4 is 11.8 Å². The lowest BCUT2D eigenvalue weighted by atomic mass is 9.85. The van der Waals surface area contributed by atoms with Gasteiger partial charge in [-0.05, 0) is 30.4 Å². The third-order valence-corrected chi connectivity index (χ3v) is 3.14. The van der Waals surface area contributed by atoms with Crippen molar-refractivity contribution in [2.24, 2.45) is 0 Å². The van der Waals surface area contributed by atoms with Gasteiger partial charge < -0.3 is 4.74 Å². The fraction of sp³-hybridized carbons (Fsp3) is 0.529. The smallest absolute Gasteiger partial charge is 0.305 e. The molecule has 0 aliphatic carbocycles. The zero-order chi connectivity index (χ0) is 15.2. The fourth-order valence-corrected chi connectivity index (χ4v) is 1.93. The Kier molecular flexibility index (Phi) is 5.93. The van der Waals surface area contributed by atoms with Crippen LogP contribution in [0.25, 0.3) is 0 Å². The molecule has 20 heavy (non-hydrogen) atoms. The predicted octanol–water partition coefficient (Wildman–Crippen LogP) is 3.90. The Morgan fingerprint density at radius 3 is 2.45 bits per heavy atom. The molecule has 0 atom stereocenters. The molecule has 0 N–H and O–H groups in total. The van der Waals surface area contributed by atoms with E-state index in [9.17, 15) is 9.59 Å². The molecule has 0 aliphatic heterocycles. The maximum Gasteiger partial charge on any atom is 0.305 e. The van der Waals surface area contributed by atoms with E-state index >= 15 is 0 Å². The van der Waals surface area contributed by atoms with Gasteiger partial charge in [0.25, 0.3) is 0 Å². The molecule has 0 aliphatic rings. The summed E-state index contributed by atoms with van der Waals surface area (Å²) >= 11 is 0. The van der Waals surface area contributed by atoms with Gasteiger partial charge in [0.2, 0.25) is 0 Å². The van der Waals surface area contributed by atoms with Crippen molar-refractivity contribution in [2.45, 2.75) is 52.4 Å². The summed E-state index contributed by atoms with van der Waals surface area (Å²) in [7, 11) is 0. The third-order valence-electron chi connectivity index (χ3n) is 3.14. The second kappa shape index (κ2) is 7.22. The molecule has 1 rings (SSSR count). The van der Waals surface area contributed by atoms with Crippen molar-refractivity contribution in [3.8, 4) is 0 Å². The van der Waals surface area contributed by atoms with Crippen LogP contribution in [0.5, 0.6) is 0 Å². The molecule has 3 nitrogen and oxygen atoms in total. The van der Waals surface area contributed by atoms with Crippen molar-refractivity contribution in [3.63, 3.8) is 0 Å². The average Bonchev–Trinajstić information content (AvgIpc) is 2.38. The van der Waals surface area contributed by atoms with E-state index < -0.39 is 0 Å². The minimum atomic E-state index is -0.233. The molecule has 1 aromatic rings. The maximum absolute atomic E-state index is 12.1. The molecule has 0 radical (unpaired) electrons. The summed E-state index contributed by atoms with van der Waals surface area (Å²) in [5, 5.41) is 0. The lowest BCUT2D eigenvalue weighted by Gasteiger charge is -2.19. The van der Waals surface area contributed by atoms with E-state index in [2.05, 4.69) is 20.8 Å². The van der Waals surface area contributed by atoms with Crippen molar-refractivity contribution in [1.29, 1.82) is 0 Å². The van der Waals surface area contributed by atoms with Crippen LogP contribution in [0.3, 0.4) is 0 Å². The molecule has 0 unspecified atom stereocenters. The summed E-state index contributed by atoms with van der Waals surface area (Å²) in [4.78, 5) is 23.3. The number of esters is 1. The standard InChI is InChI=1S/C17H24O3/c1-5-20-16(19)11-7-10-15(18)13-8-6-9-14(12-13)17(2,3)4/h6,8-9,12H,5,7,10-11H2,1-4H3. The maximum atomic E-state index is 12.1. The Morgan fingerprint density at radius 2 is 1.85 bits per heavy atom. The molecule has 0 amide bonds. The second-order valence-corrected chi connectivity index (χ2v) is 5.91. The first-order chi connectivity index (χ1) is 9.34.